The molecule has 0 saturated carbocycles. The van der Waals surface area contributed by atoms with Gasteiger partial charge in [0.2, 0.25) is 0 Å². The van der Waals surface area contributed by atoms with Crippen LogP contribution in [0.3, 0.4) is 0 Å². The number of nitrogens with one attached hydrogen (secondary N) is 1. The largest absolute Gasteiger partial charge is 0.334 e. The van der Waals surface area contributed by atoms with Crippen molar-refractivity contribution < 1.29 is 4.52 Å². The van der Waals surface area contributed by atoms with Gasteiger partial charge in [-0.25, -0.2) is 4.68 Å². The normalized spacial score (nSPS) is 12.5. The minimum absolute atomic E-state index is 0.311. The van der Waals surface area contributed by atoms with Crippen LogP contribution >= 0.6 is 0 Å². The topological polar surface area (TPSA) is 68.8 Å². The lowest BCUT2D eigenvalue weighted by Gasteiger charge is -2.04. The molecule has 3 rings (SSSR count). The Balaban J connectivity index is 1.86. The third kappa shape index (κ3) is 3.00. The maximum absolute atomic E-state index is 5.35. The summed E-state index contributed by atoms with van der Waals surface area (Å²) in [7, 11) is 1.92. The van der Waals surface area contributed by atoms with E-state index in [0.717, 1.165) is 17.7 Å². The third-order valence-electron chi connectivity index (χ3n) is 3.31. The summed E-state index contributed by atoms with van der Waals surface area (Å²) in [4.78, 5) is 4.44. The van der Waals surface area contributed by atoms with Crippen LogP contribution in [0.2, 0.25) is 0 Å². The predicted octanol–water partition coefficient (Wildman–Crippen LogP) is 2.07. The minimum Gasteiger partial charge on any atom is -0.334 e. The summed E-state index contributed by atoms with van der Waals surface area (Å²) in [6, 6.07) is 10.1. The van der Waals surface area contributed by atoms with Gasteiger partial charge in [0.1, 0.15) is 0 Å². The van der Waals surface area contributed by atoms with Gasteiger partial charge >= 0.3 is 0 Å². The van der Waals surface area contributed by atoms with Gasteiger partial charge in [-0.15, -0.1) is 0 Å². The van der Waals surface area contributed by atoms with Crippen molar-refractivity contribution in [1.29, 1.82) is 0 Å². The van der Waals surface area contributed by atoms with Crippen LogP contribution in [0.5, 0.6) is 0 Å². The van der Waals surface area contributed by atoms with E-state index in [1.165, 1.54) is 0 Å². The molecule has 1 aromatic carbocycles. The first-order chi connectivity index (χ1) is 10.3. The van der Waals surface area contributed by atoms with E-state index in [1.807, 2.05) is 43.6 Å². The second-order valence-corrected chi connectivity index (χ2v) is 4.91. The summed E-state index contributed by atoms with van der Waals surface area (Å²) in [5, 5.41) is 11.4. The van der Waals surface area contributed by atoms with Crippen molar-refractivity contribution in [3.05, 3.63) is 48.5 Å². The lowest BCUT2D eigenvalue weighted by atomic mass is 10.2. The highest BCUT2D eigenvalue weighted by molar-refractivity contribution is 5.57. The van der Waals surface area contributed by atoms with Gasteiger partial charge in [-0.3, -0.25) is 0 Å². The Hall–Kier alpha value is -2.47. The smallest absolute Gasteiger partial charge is 0.257 e. The Labute approximate surface area is 122 Å². The molecule has 0 amide bonds. The van der Waals surface area contributed by atoms with Gasteiger partial charge in [-0.2, -0.15) is 10.1 Å². The molecule has 108 valence electrons. The monoisotopic (exact) mass is 283 g/mol. The average Bonchev–Trinajstić information content (AvgIpc) is 3.19. The summed E-state index contributed by atoms with van der Waals surface area (Å²) in [5.74, 6) is 1.23. The SMILES string of the molecule is CNC(C)Cc1noc(-c2cccc(-n3cccn3)c2)n1. The molecule has 1 atom stereocenters. The van der Waals surface area contributed by atoms with Crippen LogP contribution in [-0.2, 0) is 6.42 Å². The highest BCUT2D eigenvalue weighted by Gasteiger charge is 2.11. The molecular formula is C15H17N5O. The van der Waals surface area contributed by atoms with Crippen LogP contribution < -0.4 is 5.32 Å². The van der Waals surface area contributed by atoms with E-state index in [9.17, 15) is 0 Å². The summed E-state index contributed by atoms with van der Waals surface area (Å²) in [6.45, 7) is 2.08. The Bertz CT molecular complexity index is 704. The molecular weight excluding hydrogens is 266 g/mol. The van der Waals surface area contributed by atoms with Gasteiger partial charge in [0.15, 0.2) is 5.82 Å². The number of likely N-dealkylation sites (N-methyl/N-ethyl adjacent to an activating group) is 1. The van der Waals surface area contributed by atoms with Crippen molar-refractivity contribution in [2.75, 3.05) is 7.05 Å². The quantitative estimate of drug-likeness (QED) is 0.776. The molecule has 6 heteroatoms. The summed E-state index contributed by atoms with van der Waals surface area (Å²) < 4.78 is 7.15. The summed E-state index contributed by atoms with van der Waals surface area (Å²) in [6.07, 6.45) is 4.38. The van der Waals surface area contributed by atoms with Crippen molar-refractivity contribution in [2.45, 2.75) is 19.4 Å². The van der Waals surface area contributed by atoms with Crippen molar-refractivity contribution in [3.63, 3.8) is 0 Å². The molecule has 0 fully saturated rings. The first-order valence-electron chi connectivity index (χ1n) is 6.86. The zero-order valence-corrected chi connectivity index (χ0v) is 12.0. The number of aromatic nitrogens is 4. The Kier molecular flexibility index (Phi) is 3.79. The lowest BCUT2D eigenvalue weighted by molar-refractivity contribution is 0.418. The first-order valence-corrected chi connectivity index (χ1v) is 6.86. The van der Waals surface area contributed by atoms with Gasteiger partial charge < -0.3 is 9.84 Å². The van der Waals surface area contributed by atoms with Crippen molar-refractivity contribution in [1.82, 2.24) is 25.2 Å². The number of hydrogen-bond acceptors (Lipinski definition) is 5. The van der Waals surface area contributed by atoms with E-state index >= 15 is 0 Å². The van der Waals surface area contributed by atoms with Crippen molar-refractivity contribution >= 4 is 0 Å². The number of nitrogens with zero attached hydrogens (tertiary/aromatic N) is 4. The molecule has 0 aliphatic heterocycles. The van der Waals surface area contributed by atoms with E-state index in [-0.39, 0.29) is 0 Å². The van der Waals surface area contributed by atoms with Crippen LogP contribution in [0.25, 0.3) is 17.1 Å². The van der Waals surface area contributed by atoms with E-state index in [2.05, 4.69) is 27.5 Å². The molecule has 0 bridgehead atoms. The van der Waals surface area contributed by atoms with Crippen LogP contribution in [0.15, 0.2) is 47.2 Å². The zero-order valence-electron chi connectivity index (χ0n) is 12.0. The van der Waals surface area contributed by atoms with Gasteiger partial charge in [0, 0.05) is 30.4 Å². The standard InChI is InChI=1S/C15H17N5O/c1-11(16-2)9-14-18-15(21-19-14)12-5-3-6-13(10-12)20-8-4-7-17-20/h3-8,10-11,16H,9H2,1-2H3. The molecule has 0 saturated heterocycles. The molecule has 2 heterocycles. The van der Waals surface area contributed by atoms with E-state index in [4.69, 9.17) is 4.52 Å². The molecule has 0 radical (unpaired) electrons. The van der Waals surface area contributed by atoms with Crippen LogP contribution in [-0.4, -0.2) is 33.0 Å². The highest BCUT2D eigenvalue weighted by atomic mass is 16.5. The number of rotatable bonds is 5. The van der Waals surface area contributed by atoms with Gasteiger partial charge in [0.25, 0.3) is 5.89 Å². The fraction of sp³-hybridized carbons (Fsp3) is 0.267. The minimum atomic E-state index is 0.311. The fourth-order valence-corrected chi connectivity index (χ4v) is 2.03. The van der Waals surface area contributed by atoms with Crippen LogP contribution in [0, 0.1) is 0 Å². The lowest BCUT2D eigenvalue weighted by Crippen LogP contribution is -2.24. The van der Waals surface area contributed by atoms with E-state index < -0.39 is 0 Å². The van der Waals surface area contributed by atoms with Crippen molar-refractivity contribution in [2.24, 2.45) is 0 Å². The van der Waals surface area contributed by atoms with Gasteiger partial charge in [-0.05, 0) is 38.2 Å². The molecule has 0 spiro atoms. The molecule has 3 aromatic rings. The molecule has 1 unspecified atom stereocenters. The zero-order chi connectivity index (χ0) is 14.7. The maximum Gasteiger partial charge on any atom is 0.257 e. The van der Waals surface area contributed by atoms with Crippen molar-refractivity contribution in [3.8, 4) is 17.1 Å². The second kappa shape index (κ2) is 5.88. The van der Waals surface area contributed by atoms with Gasteiger partial charge in [-0.1, -0.05) is 11.2 Å². The second-order valence-electron chi connectivity index (χ2n) is 4.91. The maximum atomic E-state index is 5.35. The van der Waals surface area contributed by atoms with E-state index in [1.54, 1.807) is 10.9 Å². The fourth-order valence-electron chi connectivity index (χ4n) is 2.03. The highest BCUT2D eigenvalue weighted by Crippen LogP contribution is 2.20. The van der Waals surface area contributed by atoms with Crippen LogP contribution in [0.1, 0.15) is 12.7 Å². The number of benzene rings is 1. The molecule has 1 N–H and O–H groups in total. The Morgan fingerprint density at radius 2 is 2.24 bits per heavy atom. The Morgan fingerprint density at radius 1 is 1.33 bits per heavy atom. The molecule has 2 aromatic heterocycles. The molecule has 0 aliphatic carbocycles. The molecule has 0 aliphatic rings. The molecule has 21 heavy (non-hydrogen) atoms. The average molecular weight is 283 g/mol. The summed E-state index contributed by atoms with van der Waals surface area (Å²) in [5.41, 5.74) is 1.85. The predicted molar refractivity (Wildman–Crippen MR) is 79.1 cm³/mol. The third-order valence-corrected chi connectivity index (χ3v) is 3.31. The molecule has 6 nitrogen and oxygen atoms in total. The number of hydrogen-bond donors (Lipinski definition) is 1. The summed E-state index contributed by atoms with van der Waals surface area (Å²) >= 11 is 0. The first kappa shape index (κ1) is 13.5. The van der Waals surface area contributed by atoms with Crippen LogP contribution in [0.4, 0.5) is 0 Å². The Morgan fingerprint density at radius 3 is 3.00 bits per heavy atom. The van der Waals surface area contributed by atoms with E-state index in [0.29, 0.717) is 17.8 Å². The van der Waals surface area contributed by atoms with Gasteiger partial charge in [0.05, 0.1) is 5.69 Å².